The van der Waals surface area contributed by atoms with Crippen LogP contribution in [-0.2, 0) is 0 Å². The maximum absolute atomic E-state index is 3.80. The molecule has 1 aliphatic carbocycles. The van der Waals surface area contributed by atoms with Crippen molar-refractivity contribution in [3.05, 3.63) is 109 Å². The van der Waals surface area contributed by atoms with Crippen molar-refractivity contribution in [1.82, 2.24) is 0 Å². The van der Waals surface area contributed by atoms with Gasteiger partial charge in [0.05, 0.1) is 0 Å². The Morgan fingerprint density at radius 2 is 0.750 bits per heavy atom. The Balaban J connectivity index is 1.25. The molecule has 160 valence electrons. The number of hydrogen-bond acceptors (Lipinski definition) is 2. The van der Waals surface area contributed by atoms with Crippen LogP contribution < -0.4 is 10.6 Å². The van der Waals surface area contributed by atoms with Gasteiger partial charge in [0.25, 0.3) is 0 Å². The van der Waals surface area contributed by atoms with Gasteiger partial charge >= 0.3 is 0 Å². The molecule has 5 rings (SSSR count). The Kier molecular flexibility index (Phi) is 6.20. The summed E-state index contributed by atoms with van der Waals surface area (Å²) in [5.74, 6) is 0. The summed E-state index contributed by atoms with van der Waals surface area (Å²) in [4.78, 5) is 0. The predicted octanol–water partition coefficient (Wildman–Crippen LogP) is 7.86. The van der Waals surface area contributed by atoms with Crippen LogP contribution in [0.3, 0.4) is 0 Å². The molecule has 0 bridgehead atoms. The van der Waals surface area contributed by atoms with Gasteiger partial charge in [-0.05, 0) is 59.4 Å². The summed E-state index contributed by atoms with van der Waals surface area (Å²) >= 11 is 0. The quantitative estimate of drug-likeness (QED) is 0.333. The predicted molar refractivity (Wildman–Crippen MR) is 137 cm³/mol. The van der Waals surface area contributed by atoms with Crippen molar-refractivity contribution < 1.29 is 0 Å². The van der Waals surface area contributed by atoms with E-state index >= 15 is 0 Å². The van der Waals surface area contributed by atoms with E-state index < -0.39 is 0 Å². The van der Waals surface area contributed by atoms with Gasteiger partial charge in [-0.15, -0.1) is 0 Å². The standard InChI is InChI=1S/C30H30N2/c1-3-9-23(10-4-1)25-15-19-27(20-16-25)31-29-13-7-8-14-30(29)32-28-21-17-26(18-22-28)24-11-5-2-6-12-24/h1-6,9-12,15-22,29-32H,7-8,13-14H2/t29-,30-/m1/s1. The first-order valence-corrected chi connectivity index (χ1v) is 11.7. The van der Waals surface area contributed by atoms with Gasteiger partial charge in [0.2, 0.25) is 0 Å². The largest absolute Gasteiger partial charge is 0.380 e. The second kappa shape index (κ2) is 9.74. The average Bonchev–Trinajstić information content (AvgIpc) is 2.87. The number of benzene rings is 4. The van der Waals surface area contributed by atoms with Crippen molar-refractivity contribution in [3.63, 3.8) is 0 Å². The molecule has 0 aromatic heterocycles. The van der Waals surface area contributed by atoms with Crippen LogP contribution in [0.25, 0.3) is 22.3 Å². The zero-order valence-corrected chi connectivity index (χ0v) is 18.4. The van der Waals surface area contributed by atoms with Gasteiger partial charge in [-0.25, -0.2) is 0 Å². The first kappa shape index (κ1) is 20.4. The SMILES string of the molecule is c1ccc(-c2ccc(N[C@@H]3CCCC[C@H]3Nc3ccc(-c4ccccc4)cc3)cc2)cc1. The highest BCUT2D eigenvalue weighted by atomic mass is 15.0. The van der Waals surface area contributed by atoms with Crippen molar-refractivity contribution in [2.75, 3.05) is 10.6 Å². The fourth-order valence-electron chi connectivity index (χ4n) is 4.68. The van der Waals surface area contributed by atoms with Crippen LogP contribution in [0.5, 0.6) is 0 Å². The summed E-state index contributed by atoms with van der Waals surface area (Å²) in [6, 6.07) is 39.7. The van der Waals surface area contributed by atoms with Crippen molar-refractivity contribution in [1.29, 1.82) is 0 Å². The lowest BCUT2D eigenvalue weighted by Gasteiger charge is -2.34. The average molecular weight is 419 g/mol. The molecule has 0 heterocycles. The fourth-order valence-corrected chi connectivity index (χ4v) is 4.68. The molecule has 1 aliphatic rings. The van der Waals surface area contributed by atoms with E-state index in [1.54, 1.807) is 0 Å². The summed E-state index contributed by atoms with van der Waals surface area (Å²) in [7, 11) is 0. The topological polar surface area (TPSA) is 24.1 Å². The van der Waals surface area contributed by atoms with E-state index in [4.69, 9.17) is 0 Å². The Morgan fingerprint density at radius 1 is 0.406 bits per heavy atom. The molecule has 2 N–H and O–H groups in total. The molecule has 2 heteroatoms. The molecule has 4 aromatic rings. The third kappa shape index (κ3) is 4.86. The molecule has 4 aromatic carbocycles. The maximum atomic E-state index is 3.80. The summed E-state index contributed by atoms with van der Waals surface area (Å²) in [6.45, 7) is 0. The van der Waals surface area contributed by atoms with Crippen molar-refractivity contribution >= 4 is 11.4 Å². The van der Waals surface area contributed by atoms with E-state index in [0.717, 1.165) is 0 Å². The Labute approximate surface area is 191 Å². The summed E-state index contributed by atoms with van der Waals surface area (Å²) in [5, 5.41) is 7.61. The van der Waals surface area contributed by atoms with Gasteiger partial charge in [-0.3, -0.25) is 0 Å². The molecule has 0 unspecified atom stereocenters. The normalized spacial score (nSPS) is 18.1. The van der Waals surface area contributed by atoms with Crippen molar-refractivity contribution in [2.24, 2.45) is 0 Å². The van der Waals surface area contributed by atoms with E-state index in [1.807, 2.05) is 0 Å². The minimum Gasteiger partial charge on any atom is -0.380 e. The second-order valence-corrected chi connectivity index (χ2v) is 8.67. The first-order valence-electron chi connectivity index (χ1n) is 11.7. The first-order chi connectivity index (χ1) is 15.8. The van der Waals surface area contributed by atoms with Crippen LogP contribution in [0.15, 0.2) is 109 Å². The molecular formula is C30H30N2. The van der Waals surface area contributed by atoms with Crippen molar-refractivity contribution in [2.45, 2.75) is 37.8 Å². The molecule has 0 saturated heterocycles. The Hall–Kier alpha value is -3.52. The molecule has 2 nitrogen and oxygen atoms in total. The third-order valence-corrected chi connectivity index (χ3v) is 6.45. The summed E-state index contributed by atoms with van der Waals surface area (Å²) in [6.07, 6.45) is 4.95. The number of anilines is 2. The second-order valence-electron chi connectivity index (χ2n) is 8.67. The highest BCUT2D eigenvalue weighted by molar-refractivity contribution is 5.67. The van der Waals surface area contributed by atoms with Crippen LogP contribution in [0.1, 0.15) is 25.7 Å². The third-order valence-electron chi connectivity index (χ3n) is 6.45. The lowest BCUT2D eigenvalue weighted by molar-refractivity contribution is 0.424. The zero-order chi connectivity index (χ0) is 21.6. The molecule has 0 aliphatic heterocycles. The Bertz CT molecular complexity index is 1010. The minimum absolute atomic E-state index is 0.431. The smallest absolute Gasteiger partial charge is 0.0462 e. The van der Waals surface area contributed by atoms with Gasteiger partial charge in [-0.1, -0.05) is 97.8 Å². The molecule has 0 amide bonds. The fraction of sp³-hybridized carbons (Fsp3) is 0.200. The van der Waals surface area contributed by atoms with Gasteiger partial charge in [0.1, 0.15) is 0 Å². The zero-order valence-electron chi connectivity index (χ0n) is 18.4. The van der Waals surface area contributed by atoms with Gasteiger partial charge < -0.3 is 10.6 Å². The van der Waals surface area contributed by atoms with Gasteiger partial charge in [0.15, 0.2) is 0 Å². The van der Waals surface area contributed by atoms with Crippen LogP contribution in [-0.4, -0.2) is 12.1 Å². The van der Waals surface area contributed by atoms with Crippen LogP contribution in [0.4, 0.5) is 11.4 Å². The van der Waals surface area contributed by atoms with E-state index in [0.29, 0.717) is 12.1 Å². The number of hydrogen-bond donors (Lipinski definition) is 2. The minimum atomic E-state index is 0.431. The number of nitrogens with one attached hydrogen (secondary N) is 2. The number of rotatable bonds is 6. The van der Waals surface area contributed by atoms with Crippen LogP contribution in [0.2, 0.25) is 0 Å². The van der Waals surface area contributed by atoms with Gasteiger partial charge in [-0.2, -0.15) is 0 Å². The van der Waals surface area contributed by atoms with Crippen LogP contribution >= 0.6 is 0 Å². The van der Waals surface area contributed by atoms with E-state index in [-0.39, 0.29) is 0 Å². The maximum Gasteiger partial charge on any atom is 0.0462 e. The van der Waals surface area contributed by atoms with E-state index in [2.05, 4.69) is 120 Å². The van der Waals surface area contributed by atoms with Gasteiger partial charge in [0, 0.05) is 23.5 Å². The molecule has 1 saturated carbocycles. The van der Waals surface area contributed by atoms with E-state index in [1.165, 1.54) is 59.3 Å². The lowest BCUT2D eigenvalue weighted by atomic mass is 9.89. The molecule has 1 fully saturated rings. The summed E-state index contributed by atoms with van der Waals surface area (Å²) < 4.78 is 0. The van der Waals surface area contributed by atoms with Crippen LogP contribution in [0, 0.1) is 0 Å². The monoisotopic (exact) mass is 418 g/mol. The molecule has 0 spiro atoms. The molecule has 32 heavy (non-hydrogen) atoms. The lowest BCUT2D eigenvalue weighted by Crippen LogP contribution is -2.41. The van der Waals surface area contributed by atoms with Crippen molar-refractivity contribution in [3.8, 4) is 22.3 Å². The molecule has 2 atom stereocenters. The highest BCUT2D eigenvalue weighted by Crippen LogP contribution is 2.28. The summed E-state index contributed by atoms with van der Waals surface area (Å²) in [5.41, 5.74) is 7.43. The highest BCUT2D eigenvalue weighted by Gasteiger charge is 2.25. The van der Waals surface area contributed by atoms with E-state index in [9.17, 15) is 0 Å². The molecule has 0 radical (unpaired) electrons. The molecular weight excluding hydrogens is 388 g/mol. The Morgan fingerprint density at radius 3 is 1.12 bits per heavy atom.